The summed E-state index contributed by atoms with van der Waals surface area (Å²) < 4.78 is 26.9. The van der Waals surface area contributed by atoms with Crippen molar-refractivity contribution in [3.63, 3.8) is 0 Å². The first-order valence-electron chi connectivity index (χ1n) is 4.96. The Labute approximate surface area is 86.7 Å². The molecule has 1 aliphatic rings. The Morgan fingerprint density at radius 1 is 1.33 bits per heavy atom. The topological polar surface area (TPSA) is 46.2 Å². The van der Waals surface area contributed by atoms with Gasteiger partial charge in [0.15, 0.2) is 0 Å². The summed E-state index contributed by atoms with van der Waals surface area (Å²) in [7, 11) is 0. The van der Waals surface area contributed by atoms with E-state index in [0.717, 1.165) is 25.0 Å². The highest BCUT2D eigenvalue weighted by Gasteiger charge is 2.47. The summed E-state index contributed by atoms with van der Waals surface area (Å²) in [6.07, 6.45) is 1.53. The summed E-state index contributed by atoms with van der Waals surface area (Å²) in [5, 5.41) is 10.2. The van der Waals surface area contributed by atoms with E-state index in [4.69, 9.17) is 5.73 Å². The lowest BCUT2D eigenvalue weighted by Gasteiger charge is -2.27. The fourth-order valence-corrected chi connectivity index (χ4v) is 1.95. The largest absolute Gasteiger partial charge is 0.383 e. The first kappa shape index (κ1) is 10.5. The van der Waals surface area contributed by atoms with Crippen LogP contribution >= 0.6 is 0 Å². The summed E-state index contributed by atoms with van der Waals surface area (Å²) in [4.78, 5) is 0. The highest BCUT2D eigenvalue weighted by atomic mass is 19.1. The van der Waals surface area contributed by atoms with E-state index < -0.39 is 17.2 Å². The quantitative estimate of drug-likeness (QED) is 0.799. The van der Waals surface area contributed by atoms with E-state index in [1.54, 1.807) is 0 Å². The van der Waals surface area contributed by atoms with E-state index in [0.29, 0.717) is 0 Å². The highest BCUT2D eigenvalue weighted by molar-refractivity contribution is 5.29. The Kier molecular flexibility index (Phi) is 2.48. The van der Waals surface area contributed by atoms with Crippen LogP contribution in [-0.4, -0.2) is 11.7 Å². The van der Waals surface area contributed by atoms with Crippen molar-refractivity contribution in [1.29, 1.82) is 0 Å². The number of hydrogen-bond acceptors (Lipinski definition) is 2. The number of benzene rings is 1. The molecule has 1 unspecified atom stereocenters. The van der Waals surface area contributed by atoms with Crippen LogP contribution in [0, 0.1) is 17.6 Å². The Hall–Kier alpha value is -1.00. The molecule has 4 heteroatoms. The van der Waals surface area contributed by atoms with E-state index in [2.05, 4.69) is 0 Å². The van der Waals surface area contributed by atoms with Gasteiger partial charge >= 0.3 is 0 Å². The molecule has 0 saturated heterocycles. The Morgan fingerprint density at radius 2 is 1.87 bits per heavy atom. The average Bonchev–Trinajstić information content (AvgIpc) is 3.00. The fraction of sp³-hybridized carbons (Fsp3) is 0.455. The van der Waals surface area contributed by atoms with Crippen LogP contribution in [0.5, 0.6) is 0 Å². The molecule has 15 heavy (non-hydrogen) atoms. The maximum Gasteiger partial charge on any atom is 0.132 e. The van der Waals surface area contributed by atoms with Gasteiger partial charge in [-0.2, -0.15) is 0 Å². The SMILES string of the molecule is NCC(O)(c1c(F)cccc1F)C1CC1. The molecule has 0 aliphatic heterocycles. The molecule has 0 spiro atoms. The van der Waals surface area contributed by atoms with Crippen molar-refractivity contribution in [1.82, 2.24) is 0 Å². The van der Waals surface area contributed by atoms with Crippen molar-refractivity contribution in [3.8, 4) is 0 Å². The summed E-state index contributed by atoms with van der Waals surface area (Å²) >= 11 is 0. The standard InChI is InChI=1S/C11H13F2NO/c12-8-2-1-3-9(13)10(8)11(15,6-14)7-4-5-7/h1-3,7,15H,4-6,14H2. The molecule has 2 rings (SSSR count). The lowest BCUT2D eigenvalue weighted by Crippen LogP contribution is -2.39. The molecule has 1 saturated carbocycles. The van der Waals surface area contributed by atoms with Gasteiger partial charge in [0.1, 0.15) is 17.2 Å². The molecule has 1 aromatic carbocycles. The Morgan fingerprint density at radius 3 is 2.27 bits per heavy atom. The van der Waals surface area contributed by atoms with E-state index in [1.165, 1.54) is 6.07 Å². The van der Waals surface area contributed by atoms with Gasteiger partial charge in [-0.25, -0.2) is 8.78 Å². The van der Waals surface area contributed by atoms with Crippen LogP contribution in [0.3, 0.4) is 0 Å². The van der Waals surface area contributed by atoms with Crippen LogP contribution in [0.15, 0.2) is 18.2 Å². The van der Waals surface area contributed by atoms with Gasteiger partial charge in [0.25, 0.3) is 0 Å². The smallest absolute Gasteiger partial charge is 0.132 e. The third kappa shape index (κ3) is 1.64. The third-order valence-corrected chi connectivity index (χ3v) is 2.96. The number of rotatable bonds is 3. The van der Waals surface area contributed by atoms with E-state index in [9.17, 15) is 13.9 Å². The van der Waals surface area contributed by atoms with Crippen molar-refractivity contribution in [2.75, 3.05) is 6.54 Å². The van der Waals surface area contributed by atoms with Crippen LogP contribution in [0.2, 0.25) is 0 Å². The number of halogens is 2. The van der Waals surface area contributed by atoms with Crippen molar-refractivity contribution >= 4 is 0 Å². The molecule has 1 atom stereocenters. The van der Waals surface area contributed by atoms with Crippen LogP contribution in [0.4, 0.5) is 8.78 Å². The molecule has 0 amide bonds. The second kappa shape index (κ2) is 3.54. The van der Waals surface area contributed by atoms with Gasteiger partial charge in [0.05, 0.1) is 5.56 Å². The summed E-state index contributed by atoms with van der Waals surface area (Å²) in [6, 6.07) is 3.56. The van der Waals surface area contributed by atoms with Crippen molar-refractivity contribution < 1.29 is 13.9 Å². The molecule has 2 nitrogen and oxygen atoms in total. The summed E-state index contributed by atoms with van der Waals surface area (Å²) in [5.74, 6) is -1.57. The zero-order chi connectivity index (χ0) is 11.1. The minimum atomic E-state index is -1.55. The average molecular weight is 213 g/mol. The third-order valence-electron chi connectivity index (χ3n) is 2.96. The summed E-state index contributed by atoms with van der Waals surface area (Å²) in [6.45, 7) is -0.157. The lowest BCUT2D eigenvalue weighted by atomic mass is 9.88. The van der Waals surface area contributed by atoms with E-state index in [1.807, 2.05) is 0 Å². The molecule has 0 aromatic heterocycles. The monoisotopic (exact) mass is 213 g/mol. The maximum atomic E-state index is 13.5. The number of hydrogen-bond donors (Lipinski definition) is 2. The first-order valence-corrected chi connectivity index (χ1v) is 4.96. The molecule has 0 heterocycles. The minimum absolute atomic E-state index is 0.117. The molecule has 1 aliphatic carbocycles. The van der Waals surface area contributed by atoms with E-state index in [-0.39, 0.29) is 18.0 Å². The fourth-order valence-electron chi connectivity index (χ4n) is 1.95. The molecular weight excluding hydrogens is 200 g/mol. The molecule has 3 N–H and O–H groups in total. The number of aliphatic hydroxyl groups is 1. The first-order chi connectivity index (χ1) is 7.09. The molecule has 0 radical (unpaired) electrons. The van der Waals surface area contributed by atoms with Gasteiger partial charge in [0.2, 0.25) is 0 Å². The highest BCUT2D eigenvalue weighted by Crippen LogP contribution is 2.46. The van der Waals surface area contributed by atoms with Gasteiger partial charge < -0.3 is 10.8 Å². The molecule has 1 fully saturated rings. The minimum Gasteiger partial charge on any atom is -0.383 e. The molecule has 0 bridgehead atoms. The lowest BCUT2D eigenvalue weighted by molar-refractivity contribution is 0.0151. The van der Waals surface area contributed by atoms with Gasteiger partial charge in [-0.15, -0.1) is 0 Å². The molecule has 82 valence electrons. The molecule has 1 aromatic rings. The normalized spacial score (nSPS) is 20.0. The Bertz CT molecular complexity index is 359. The maximum absolute atomic E-state index is 13.5. The van der Waals surface area contributed by atoms with Crippen molar-refractivity contribution in [2.24, 2.45) is 11.7 Å². The predicted octanol–water partition coefficient (Wildman–Crippen LogP) is 1.52. The number of nitrogens with two attached hydrogens (primary N) is 1. The van der Waals surface area contributed by atoms with Crippen molar-refractivity contribution in [2.45, 2.75) is 18.4 Å². The van der Waals surface area contributed by atoms with Crippen LogP contribution < -0.4 is 5.73 Å². The second-order valence-electron chi connectivity index (χ2n) is 4.00. The van der Waals surface area contributed by atoms with Gasteiger partial charge in [-0.3, -0.25) is 0 Å². The Balaban J connectivity index is 2.50. The van der Waals surface area contributed by atoms with Crippen LogP contribution in [0.25, 0.3) is 0 Å². The molecular formula is C11H13F2NO. The van der Waals surface area contributed by atoms with Gasteiger partial charge in [-0.1, -0.05) is 6.07 Å². The van der Waals surface area contributed by atoms with Crippen LogP contribution in [0.1, 0.15) is 18.4 Å². The van der Waals surface area contributed by atoms with Gasteiger partial charge in [-0.05, 0) is 30.9 Å². The van der Waals surface area contributed by atoms with Crippen molar-refractivity contribution in [3.05, 3.63) is 35.4 Å². The summed E-state index contributed by atoms with van der Waals surface area (Å²) in [5.41, 5.74) is 3.61. The second-order valence-corrected chi connectivity index (χ2v) is 4.00. The van der Waals surface area contributed by atoms with Crippen LogP contribution in [-0.2, 0) is 5.60 Å². The zero-order valence-corrected chi connectivity index (χ0v) is 8.21. The zero-order valence-electron chi connectivity index (χ0n) is 8.21. The predicted molar refractivity (Wildman–Crippen MR) is 52.0 cm³/mol. The van der Waals surface area contributed by atoms with Gasteiger partial charge in [0, 0.05) is 6.54 Å². The van der Waals surface area contributed by atoms with E-state index >= 15 is 0 Å².